The van der Waals surface area contributed by atoms with Crippen LogP contribution in [-0.4, -0.2) is 55.2 Å². The molecule has 3 rings (SSSR count). The highest BCUT2D eigenvalue weighted by Crippen LogP contribution is 2.22. The molecule has 164 valence electrons. The van der Waals surface area contributed by atoms with E-state index in [1.54, 1.807) is 41.3 Å². The van der Waals surface area contributed by atoms with Crippen molar-refractivity contribution in [3.63, 3.8) is 0 Å². The van der Waals surface area contributed by atoms with Gasteiger partial charge in [0.25, 0.3) is 5.91 Å². The van der Waals surface area contributed by atoms with Crippen molar-refractivity contribution in [2.45, 2.75) is 19.8 Å². The van der Waals surface area contributed by atoms with Gasteiger partial charge in [-0.25, -0.2) is 4.39 Å². The Morgan fingerprint density at radius 2 is 1.65 bits per heavy atom. The average molecular weight is 446 g/mol. The number of halogens is 2. The molecule has 2 aromatic rings. The van der Waals surface area contributed by atoms with Crippen molar-refractivity contribution in [1.82, 2.24) is 10.2 Å². The van der Waals surface area contributed by atoms with Crippen LogP contribution in [0.3, 0.4) is 0 Å². The number of carbonyl (C=O) groups excluding carboxylic acids is 3. The summed E-state index contributed by atoms with van der Waals surface area (Å²) >= 11 is 5.81. The van der Waals surface area contributed by atoms with Gasteiger partial charge in [-0.1, -0.05) is 11.6 Å². The van der Waals surface area contributed by atoms with E-state index in [4.69, 9.17) is 11.6 Å². The van der Waals surface area contributed by atoms with Crippen molar-refractivity contribution in [1.29, 1.82) is 0 Å². The van der Waals surface area contributed by atoms with Crippen molar-refractivity contribution in [3.8, 4) is 0 Å². The molecule has 0 radical (unpaired) electrons. The van der Waals surface area contributed by atoms with Crippen molar-refractivity contribution >= 4 is 34.9 Å². The first kappa shape index (κ1) is 22.7. The number of anilines is 1. The van der Waals surface area contributed by atoms with E-state index in [-0.39, 0.29) is 17.6 Å². The van der Waals surface area contributed by atoms with Gasteiger partial charge in [0.15, 0.2) is 5.78 Å². The van der Waals surface area contributed by atoms with E-state index in [1.165, 1.54) is 13.0 Å². The fourth-order valence-electron chi connectivity index (χ4n) is 3.48. The average Bonchev–Trinajstić information content (AvgIpc) is 2.77. The minimum atomic E-state index is -0.427. The monoisotopic (exact) mass is 445 g/mol. The molecule has 0 aromatic heterocycles. The minimum Gasteiger partial charge on any atom is -0.366 e. The molecule has 0 spiro atoms. The molecule has 2 amide bonds. The lowest BCUT2D eigenvalue weighted by Gasteiger charge is -2.36. The lowest BCUT2D eigenvalue weighted by molar-refractivity contribution is -0.131. The number of benzene rings is 2. The summed E-state index contributed by atoms with van der Waals surface area (Å²) in [6.45, 7) is 3.86. The number of amides is 2. The minimum absolute atomic E-state index is 0.0211. The van der Waals surface area contributed by atoms with Gasteiger partial charge in [0.1, 0.15) is 5.82 Å². The first-order valence-corrected chi connectivity index (χ1v) is 10.6. The summed E-state index contributed by atoms with van der Waals surface area (Å²) in [5, 5.41) is 3.36. The van der Waals surface area contributed by atoms with Gasteiger partial charge in [0, 0.05) is 55.3 Å². The third-order valence-electron chi connectivity index (χ3n) is 5.29. The predicted molar refractivity (Wildman–Crippen MR) is 118 cm³/mol. The number of Topliss-reactive ketones (excluding diaryl/α,β-unsaturated/α-hetero) is 1. The van der Waals surface area contributed by atoms with Crippen molar-refractivity contribution in [3.05, 3.63) is 64.4 Å². The summed E-state index contributed by atoms with van der Waals surface area (Å²) in [6.07, 6.45) is 0.877. The molecule has 1 N–H and O–H groups in total. The summed E-state index contributed by atoms with van der Waals surface area (Å²) in [5.74, 6) is -0.780. The third-order valence-corrected chi connectivity index (χ3v) is 5.54. The zero-order valence-corrected chi connectivity index (χ0v) is 18.1. The maximum Gasteiger partial charge on any atom is 0.251 e. The fourth-order valence-corrected chi connectivity index (χ4v) is 3.61. The number of nitrogens with one attached hydrogen (secondary N) is 1. The van der Waals surface area contributed by atoms with Crippen LogP contribution in [0.25, 0.3) is 0 Å². The predicted octanol–water partition coefficient (Wildman–Crippen LogP) is 3.54. The molecule has 8 heteroatoms. The number of hydrogen-bond acceptors (Lipinski definition) is 4. The smallest absolute Gasteiger partial charge is 0.251 e. The Hall–Kier alpha value is -2.93. The molecule has 31 heavy (non-hydrogen) atoms. The Morgan fingerprint density at radius 3 is 2.26 bits per heavy atom. The van der Waals surface area contributed by atoms with Crippen molar-refractivity contribution in [2.75, 3.05) is 37.6 Å². The largest absolute Gasteiger partial charge is 0.366 e. The SMILES string of the molecule is CC(=O)c1ccc(N2CCN(C(=O)CCCNC(=O)c3ccc(Cl)cc3)CC2)c(F)c1. The van der Waals surface area contributed by atoms with Crippen molar-refractivity contribution < 1.29 is 18.8 Å². The summed E-state index contributed by atoms with van der Waals surface area (Å²) < 4.78 is 14.3. The molecule has 1 fully saturated rings. The molecule has 1 saturated heterocycles. The van der Waals surface area contributed by atoms with Crippen LogP contribution in [0, 0.1) is 5.82 Å². The highest BCUT2D eigenvalue weighted by molar-refractivity contribution is 6.30. The molecule has 2 aromatic carbocycles. The van der Waals surface area contributed by atoms with Gasteiger partial charge >= 0.3 is 0 Å². The van der Waals surface area contributed by atoms with Crippen LogP contribution in [0.15, 0.2) is 42.5 Å². The topological polar surface area (TPSA) is 69.7 Å². The number of rotatable bonds is 7. The van der Waals surface area contributed by atoms with E-state index in [0.29, 0.717) is 67.4 Å². The molecule has 0 aliphatic carbocycles. The van der Waals surface area contributed by atoms with Gasteiger partial charge in [-0.2, -0.15) is 0 Å². The lowest BCUT2D eigenvalue weighted by atomic mass is 10.1. The second-order valence-corrected chi connectivity index (χ2v) is 7.89. The van der Waals surface area contributed by atoms with Crippen LogP contribution in [0.1, 0.15) is 40.5 Å². The first-order chi connectivity index (χ1) is 14.8. The molecular weight excluding hydrogens is 421 g/mol. The normalized spacial score (nSPS) is 13.8. The fraction of sp³-hybridized carbons (Fsp3) is 0.348. The van der Waals surface area contributed by atoms with E-state index >= 15 is 0 Å². The third kappa shape index (κ3) is 6.04. The molecule has 0 bridgehead atoms. The van der Waals surface area contributed by atoms with Gasteiger partial charge in [-0.3, -0.25) is 14.4 Å². The molecular formula is C23H25ClFN3O3. The highest BCUT2D eigenvalue weighted by atomic mass is 35.5. The Balaban J connectivity index is 1.40. The van der Waals surface area contributed by atoms with Crippen LogP contribution in [0.4, 0.5) is 10.1 Å². The van der Waals surface area contributed by atoms with E-state index in [2.05, 4.69) is 5.32 Å². The number of nitrogens with zero attached hydrogens (tertiary/aromatic N) is 2. The molecule has 0 saturated carbocycles. The second-order valence-electron chi connectivity index (χ2n) is 7.46. The number of hydrogen-bond donors (Lipinski definition) is 1. The molecule has 0 atom stereocenters. The van der Waals surface area contributed by atoms with E-state index in [0.717, 1.165) is 0 Å². The Kier molecular flexibility index (Phi) is 7.63. The lowest BCUT2D eigenvalue weighted by Crippen LogP contribution is -2.49. The summed E-state index contributed by atoms with van der Waals surface area (Å²) in [5.41, 5.74) is 1.32. The molecule has 0 unspecified atom stereocenters. The Bertz CT molecular complexity index is 957. The Morgan fingerprint density at radius 1 is 1.00 bits per heavy atom. The second kappa shape index (κ2) is 10.4. The summed E-state index contributed by atoms with van der Waals surface area (Å²) in [6, 6.07) is 11.1. The number of carbonyl (C=O) groups is 3. The maximum atomic E-state index is 14.3. The van der Waals surface area contributed by atoms with E-state index in [1.807, 2.05) is 4.90 Å². The van der Waals surface area contributed by atoms with Crippen LogP contribution < -0.4 is 10.2 Å². The number of ketones is 1. The standard InChI is InChI=1S/C23H25ClFN3O3/c1-16(29)18-6-9-21(20(25)15-18)27-11-13-28(14-12-27)22(30)3-2-10-26-23(31)17-4-7-19(24)8-5-17/h4-9,15H,2-3,10-14H2,1H3,(H,26,31). The maximum absolute atomic E-state index is 14.3. The summed E-state index contributed by atoms with van der Waals surface area (Å²) in [4.78, 5) is 39.5. The van der Waals surface area contributed by atoms with E-state index < -0.39 is 5.82 Å². The Labute approximate surface area is 186 Å². The van der Waals surface area contributed by atoms with Crippen LogP contribution in [0.5, 0.6) is 0 Å². The van der Waals surface area contributed by atoms with Gasteiger partial charge in [-0.05, 0) is 55.8 Å². The first-order valence-electron chi connectivity index (χ1n) is 10.2. The zero-order chi connectivity index (χ0) is 22.4. The molecule has 1 aliphatic heterocycles. The van der Waals surface area contributed by atoms with E-state index in [9.17, 15) is 18.8 Å². The van der Waals surface area contributed by atoms with Gasteiger partial charge in [0.2, 0.25) is 5.91 Å². The summed E-state index contributed by atoms with van der Waals surface area (Å²) in [7, 11) is 0. The van der Waals surface area contributed by atoms with Crippen LogP contribution in [-0.2, 0) is 4.79 Å². The van der Waals surface area contributed by atoms with Crippen molar-refractivity contribution in [2.24, 2.45) is 0 Å². The van der Waals surface area contributed by atoms with Crippen LogP contribution >= 0.6 is 11.6 Å². The molecule has 1 heterocycles. The highest BCUT2D eigenvalue weighted by Gasteiger charge is 2.23. The number of piperazine rings is 1. The zero-order valence-electron chi connectivity index (χ0n) is 17.4. The van der Waals surface area contributed by atoms with Gasteiger partial charge in [0.05, 0.1) is 5.69 Å². The van der Waals surface area contributed by atoms with Crippen LogP contribution in [0.2, 0.25) is 5.02 Å². The van der Waals surface area contributed by atoms with Gasteiger partial charge < -0.3 is 15.1 Å². The molecule has 1 aliphatic rings. The van der Waals surface area contributed by atoms with Gasteiger partial charge in [-0.15, -0.1) is 0 Å². The quantitative estimate of drug-likeness (QED) is 0.522. The molecule has 6 nitrogen and oxygen atoms in total.